The van der Waals surface area contributed by atoms with Crippen molar-refractivity contribution in [1.82, 2.24) is 20.4 Å². The van der Waals surface area contributed by atoms with Gasteiger partial charge in [0.05, 0.1) is 13.1 Å². The van der Waals surface area contributed by atoms with Crippen molar-refractivity contribution >= 4 is 11.8 Å². The average molecular weight is 300 g/mol. The fourth-order valence-corrected chi connectivity index (χ4v) is 2.18. The van der Waals surface area contributed by atoms with Gasteiger partial charge in [-0.15, -0.1) is 0 Å². The molecule has 0 aromatic rings. The van der Waals surface area contributed by atoms with Crippen LogP contribution in [0.25, 0.3) is 0 Å². The van der Waals surface area contributed by atoms with E-state index in [4.69, 9.17) is 4.74 Å². The van der Waals surface area contributed by atoms with Crippen LogP contribution in [0.15, 0.2) is 0 Å². The predicted octanol–water partition coefficient (Wildman–Crippen LogP) is -1.11. The van der Waals surface area contributed by atoms with Crippen molar-refractivity contribution in [3.05, 3.63) is 0 Å². The van der Waals surface area contributed by atoms with Crippen molar-refractivity contribution in [1.29, 1.82) is 0 Å². The first-order chi connectivity index (χ1) is 10.1. The van der Waals surface area contributed by atoms with Gasteiger partial charge in [0.2, 0.25) is 11.8 Å². The molecule has 2 N–H and O–H groups in total. The summed E-state index contributed by atoms with van der Waals surface area (Å²) < 4.78 is 4.91. The lowest BCUT2D eigenvalue weighted by Gasteiger charge is -2.23. The molecular formula is C14H28N4O3. The van der Waals surface area contributed by atoms with E-state index in [1.165, 1.54) is 4.90 Å². The molecule has 0 radical (unpaired) electrons. The van der Waals surface area contributed by atoms with Crippen LogP contribution in [0.2, 0.25) is 0 Å². The van der Waals surface area contributed by atoms with Gasteiger partial charge in [-0.2, -0.15) is 0 Å². The van der Waals surface area contributed by atoms with E-state index in [2.05, 4.69) is 15.5 Å². The molecular weight excluding hydrogens is 272 g/mol. The van der Waals surface area contributed by atoms with Gasteiger partial charge in [0.1, 0.15) is 0 Å². The summed E-state index contributed by atoms with van der Waals surface area (Å²) in [6.45, 7) is 5.41. The van der Waals surface area contributed by atoms with E-state index in [0.717, 1.165) is 39.0 Å². The lowest BCUT2D eigenvalue weighted by atomic mass is 10.3. The maximum atomic E-state index is 12.1. The molecule has 2 amide bonds. The van der Waals surface area contributed by atoms with E-state index in [-0.39, 0.29) is 18.4 Å². The molecule has 1 rings (SSSR count). The van der Waals surface area contributed by atoms with Gasteiger partial charge in [-0.05, 0) is 25.9 Å². The molecule has 0 saturated carbocycles. The first-order valence-corrected chi connectivity index (χ1v) is 7.56. The third-order valence-electron chi connectivity index (χ3n) is 3.45. The molecule has 122 valence electrons. The van der Waals surface area contributed by atoms with Gasteiger partial charge in [0, 0.05) is 40.4 Å². The third-order valence-corrected chi connectivity index (χ3v) is 3.45. The van der Waals surface area contributed by atoms with Crippen LogP contribution in [0.3, 0.4) is 0 Å². The Labute approximate surface area is 127 Å². The number of nitrogens with one attached hydrogen (secondary N) is 2. The van der Waals surface area contributed by atoms with Crippen LogP contribution in [0.1, 0.15) is 12.8 Å². The van der Waals surface area contributed by atoms with Gasteiger partial charge < -0.3 is 20.3 Å². The summed E-state index contributed by atoms with van der Waals surface area (Å²) in [7, 11) is 3.31. The fraction of sp³-hybridized carbons (Fsp3) is 0.857. The van der Waals surface area contributed by atoms with Crippen LogP contribution in [-0.2, 0) is 14.3 Å². The molecule has 0 aliphatic carbocycles. The summed E-state index contributed by atoms with van der Waals surface area (Å²) in [4.78, 5) is 27.4. The number of hydrogen-bond donors (Lipinski definition) is 2. The van der Waals surface area contributed by atoms with E-state index in [1.54, 1.807) is 14.2 Å². The van der Waals surface area contributed by atoms with Crippen LogP contribution < -0.4 is 10.6 Å². The van der Waals surface area contributed by atoms with Crippen LogP contribution >= 0.6 is 0 Å². The second-order valence-electron chi connectivity index (χ2n) is 5.33. The van der Waals surface area contributed by atoms with E-state index in [9.17, 15) is 9.59 Å². The Bertz CT molecular complexity index is 317. The molecule has 1 aliphatic heterocycles. The summed E-state index contributed by atoms with van der Waals surface area (Å²) in [6, 6.07) is 0. The molecule has 0 unspecified atom stereocenters. The minimum Gasteiger partial charge on any atom is -0.385 e. The monoisotopic (exact) mass is 300 g/mol. The highest BCUT2D eigenvalue weighted by Gasteiger charge is 2.17. The zero-order chi connectivity index (χ0) is 15.5. The predicted molar refractivity (Wildman–Crippen MR) is 81.1 cm³/mol. The molecule has 1 aliphatic rings. The van der Waals surface area contributed by atoms with Crippen molar-refractivity contribution in [3.8, 4) is 0 Å². The highest BCUT2D eigenvalue weighted by atomic mass is 16.5. The van der Waals surface area contributed by atoms with E-state index >= 15 is 0 Å². The molecule has 1 fully saturated rings. The summed E-state index contributed by atoms with van der Waals surface area (Å²) in [5, 5.41) is 6.08. The van der Waals surface area contributed by atoms with Gasteiger partial charge in [-0.1, -0.05) is 0 Å². The Hall–Kier alpha value is -1.18. The molecule has 21 heavy (non-hydrogen) atoms. The van der Waals surface area contributed by atoms with Crippen LogP contribution in [-0.4, -0.2) is 88.2 Å². The zero-order valence-corrected chi connectivity index (χ0v) is 13.2. The maximum Gasteiger partial charge on any atom is 0.239 e. The number of amides is 2. The summed E-state index contributed by atoms with van der Waals surface area (Å²) >= 11 is 0. The summed E-state index contributed by atoms with van der Waals surface area (Å²) in [5.74, 6) is -0.136. The lowest BCUT2D eigenvalue weighted by Crippen LogP contribution is -2.44. The maximum absolute atomic E-state index is 12.1. The number of hydrogen-bond acceptors (Lipinski definition) is 5. The fourth-order valence-electron chi connectivity index (χ4n) is 2.18. The molecule has 0 aromatic carbocycles. The molecule has 7 heteroatoms. The number of carbonyl (C=O) groups excluding carboxylic acids is 2. The molecule has 0 spiro atoms. The van der Waals surface area contributed by atoms with Crippen molar-refractivity contribution < 1.29 is 14.3 Å². The number of likely N-dealkylation sites (N-methyl/N-ethyl adjacent to an activating group) is 1. The normalized spacial score (nSPS) is 16.3. The second kappa shape index (κ2) is 10.5. The number of methoxy groups -OCH3 is 1. The summed E-state index contributed by atoms with van der Waals surface area (Å²) in [5.41, 5.74) is 0. The number of nitrogens with zero attached hydrogens (tertiary/aromatic N) is 2. The van der Waals surface area contributed by atoms with Crippen molar-refractivity contribution in [2.45, 2.75) is 12.8 Å². The van der Waals surface area contributed by atoms with Gasteiger partial charge in [0.25, 0.3) is 0 Å². The Kier molecular flexibility index (Phi) is 8.96. The number of rotatable bonds is 8. The average Bonchev–Trinajstić information content (AvgIpc) is 2.72. The summed E-state index contributed by atoms with van der Waals surface area (Å²) in [6.07, 6.45) is 1.83. The standard InChI is InChI=1S/C14H28N4O3/c1-17(11-13(19)16-6-4-10-21-2)14(20)12-18-8-3-5-15-7-9-18/h15H,3-12H2,1-2H3,(H,16,19). The minimum atomic E-state index is -0.125. The highest BCUT2D eigenvalue weighted by Crippen LogP contribution is 1.97. The van der Waals surface area contributed by atoms with Crippen LogP contribution in [0, 0.1) is 0 Å². The Morgan fingerprint density at radius 3 is 2.90 bits per heavy atom. The topological polar surface area (TPSA) is 73.9 Å². The van der Waals surface area contributed by atoms with Gasteiger partial charge in [0.15, 0.2) is 0 Å². The first kappa shape index (κ1) is 17.9. The van der Waals surface area contributed by atoms with Gasteiger partial charge in [-0.3, -0.25) is 14.5 Å². The van der Waals surface area contributed by atoms with Crippen molar-refractivity contribution in [2.75, 3.05) is 66.6 Å². The Balaban J connectivity index is 2.21. The largest absolute Gasteiger partial charge is 0.385 e. The third kappa shape index (κ3) is 7.99. The quantitative estimate of drug-likeness (QED) is 0.556. The van der Waals surface area contributed by atoms with Crippen molar-refractivity contribution in [3.63, 3.8) is 0 Å². The van der Waals surface area contributed by atoms with Gasteiger partial charge in [-0.25, -0.2) is 0 Å². The van der Waals surface area contributed by atoms with E-state index in [1.807, 2.05) is 0 Å². The Morgan fingerprint density at radius 1 is 1.33 bits per heavy atom. The number of ether oxygens (including phenoxy) is 1. The van der Waals surface area contributed by atoms with Crippen molar-refractivity contribution in [2.24, 2.45) is 0 Å². The molecule has 7 nitrogen and oxygen atoms in total. The van der Waals surface area contributed by atoms with E-state index < -0.39 is 0 Å². The van der Waals surface area contributed by atoms with E-state index in [0.29, 0.717) is 19.7 Å². The molecule has 0 atom stereocenters. The lowest BCUT2D eigenvalue weighted by molar-refractivity contribution is -0.135. The molecule has 0 bridgehead atoms. The zero-order valence-electron chi connectivity index (χ0n) is 13.2. The first-order valence-electron chi connectivity index (χ1n) is 7.56. The minimum absolute atomic E-state index is 0.0102. The van der Waals surface area contributed by atoms with Crippen LogP contribution in [0.5, 0.6) is 0 Å². The van der Waals surface area contributed by atoms with Crippen LogP contribution in [0.4, 0.5) is 0 Å². The number of carbonyl (C=O) groups is 2. The Morgan fingerprint density at radius 2 is 2.14 bits per heavy atom. The molecule has 0 aromatic heterocycles. The van der Waals surface area contributed by atoms with Gasteiger partial charge >= 0.3 is 0 Å². The second-order valence-corrected chi connectivity index (χ2v) is 5.33. The SMILES string of the molecule is COCCCNC(=O)CN(C)C(=O)CN1CCCNCC1. The smallest absolute Gasteiger partial charge is 0.239 e. The molecule has 1 saturated heterocycles. The highest BCUT2D eigenvalue weighted by molar-refractivity contribution is 5.85. The molecule has 1 heterocycles.